The molecule has 0 saturated heterocycles. The summed E-state index contributed by atoms with van der Waals surface area (Å²) in [5, 5.41) is 12.6. The lowest BCUT2D eigenvalue weighted by Crippen LogP contribution is -2.26. The van der Waals surface area contributed by atoms with Gasteiger partial charge in [-0.1, -0.05) is 60.4 Å². The molecule has 3 aromatic rings. The number of carbonyl (C=O) groups is 1. The van der Waals surface area contributed by atoms with E-state index in [0.717, 1.165) is 0 Å². The minimum Gasteiger partial charge on any atom is -0.507 e. The zero-order valence-corrected chi connectivity index (χ0v) is 17.2. The first kappa shape index (κ1) is 20.4. The summed E-state index contributed by atoms with van der Waals surface area (Å²) in [7, 11) is 1.54. The number of hydrogen-bond donors (Lipinski definition) is 2. The first-order valence-corrected chi connectivity index (χ1v) is 10.1. The van der Waals surface area contributed by atoms with E-state index in [1.807, 2.05) is 24.3 Å². The number of phenols is 1. The van der Waals surface area contributed by atoms with Crippen LogP contribution in [-0.2, 0) is 4.74 Å². The fraction of sp³-hybridized carbons (Fsp3) is 0.192. The predicted molar refractivity (Wildman–Crippen MR) is 119 cm³/mol. The minimum atomic E-state index is -0.462. The second-order valence-electron chi connectivity index (χ2n) is 7.19. The van der Waals surface area contributed by atoms with Gasteiger partial charge in [0.1, 0.15) is 18.1 Å². The quantitative estimate of drug-likeness (QED) is 0.471. The van der Waals surface area contributed by atoms with Gasteiger partial charge in [-0.05, 0) is 34.4 Å². The zero-order valence-electron chi connectivity index (χ0n) is 17.2. The van der Waals surface area contributed by atoms with Gasteiger partial charge in [-0.2, -0.15) is 0 Å². The Hall–Kier alpha value is -3.91. The van der Waals surface area contributed by atoms with Gasteiger partial charge >= 0.3 is 6.09 Å². The Bertz CT molecular complexity index is 1110. The van der Waals surface area contributed by atoms with E-state index < -0.39 is 6.09 Å². The number of rotatable bonds is 5. The van der Waals surface area contributed by atoms with Crippen molar-refractivity contribution in [3.8, 4) is 34.5 Å². The Labute approximate surface area is 181 Å². The van der Waals surface area contributed by atoms with Crippen LogP contribution in [0.2, 0.25) is 0 Å². The van der Waals surface area contributed by atoms with Crippen molar-refractivity contribution in [2.24, 2.45) is 0 Å². The van der Waals surface area contributed by atoms with Gasteiger partial charge < -0.3 is 19.9 Å². The van der Waals surface area contributed by atoms with Gasteiger partial charge in [-0.25, -0.2) is 4.79 Å². The van der Waals surface area contributed by atoms with Crippen LogP contribution >= 0.6 is 0 Å². The average Bonchev–Trinajstić information content (AvgIpc) is 3.12. The van der Waals surface area contributed by atoms with Crippen LogP contribution in [0.25, 0.3) is 11.1 Å². The molecule has 4 rings (SSSR count). The molecule has 0 aliphatic heterocycles. The minimum absolute atomic E-state index is 0.0380. The fourth-order valence-corrected chi connectivity index (χ4v) is 3.78. The Kier molecular flexibility index (Phi) is 6.09. The van der Waals surface area contributed by atoms with Crippen molar-refractivity contribution in [1.82, 2.24) is 5.32 Å². The summed E-state index contributed by atoms with van der Waals surface area (Å²) >= 11 is 0. The van der Waals surface area contributed by atoms with Crippen molar-refractivity contribution in [2.45, 2.75) is 12.3 Å². The third-order valence-electron chi connectivity index (χ3n) is 5.29. The molecule has 0 spiro atoms. The van der Waals surface area contributed by atoms with Gasteiger partial charge in [0.15, 0.2) is 0 Å². The van der Waals surface area contributed by atoms with Crippen LogP contribution in [0, 0.1) is 11.8 Å². The van der Waals surface area contributed by atoms with Crippen molar-refractivity contribution < 1.29 is 19.4 Å². The molecule has 0 fully saturated rings. The van der Waals surface area contributed by atoms with E-state index in [1.54, 1.807) is 12.1 Å². The lowest BCUT2D eigenvalue weighted by molar-refractivity contribution is 0.143. The number of alkyl carbamates (subject to hydrolysis) is 1. The first-order valence-electron chi connectivity index (χ1n) is 10.1. The van der Waals surface area contributed by atoms with Crippen molar-refractivity contribution in [3.63, 3.8) is 0 Å². The third kappa shape index (κ3) is 4.49. The highest BCUT2D eigenvalue weighted by Crippen LogP contribution is 2.44. The average molecular weight is 413 g/mol. The van der Waals surface area contributed by atoms with Crippen LogP contribution in [-0.4, -0.2) is 31.5 Å². The molecule has 5 nitrogen and oxygen atoms in total. The molecule has 1 aliphatic carbocycles. The highest BCUT2D eigenvalue weighted by Gasteiger charge is 2.28. The van der Waals surface area contributed by atoms with E-state index in [1.165, 1.54) is 35.4 Å². The number of benzene rings is 3. The van der Waals surface area contributed by atoms with Gasteiger partial charge in [-0.3, -0.25) is 0 Å². The number of hydrogen-bond acceptors (Lipinski definition) is 4. The molecule has 0 radical (unpaired) electrons. The Morgan fingerprint density at radius 1 is 1.03 bits per heavy atom. The number of amides is 1. The lowest BCUT2D eigenvalue weighted by Gasteiger charge is -2.14. The number of fused-ring (bicyclic) bond motifs is 3. The van der Waals surface area contributed by atoms with Gasteiger partial charge in [-0.15, -0.1) is 0 Å². The highest BCUT2D eigenvalue weighted by molar-refractivity contribution is 5.79. The Morgan fingerprint density at radius 3 is 2.35 bits per heavy atom. The standard InChI is InChI=1S/C26H23NO4/c1-30-19-14-13-18(25(28)16-19)8-6-7-15-27-26(29)31-17-24-22-11-4-2-9-20(22)21-10-3-5-12-23(21)24/h2-5,9-14,16,24,28H,7,15,17H2,1H3,(H,27,29). The van der Waals surface area contributed by atoms with Crippen LogP contribution in [0.1, 0.15) is 29.0 Å². The number of phenolic OH excluding ortho intramolecular Hbond substituents is 1. The molecule has 0 atom stereocenters. The lowest BCUT2D eigenvalue weighted by atomic mass is 9.98. The van der Waals surface area contributed by atoms with Gasteiger partial charge in [0.2, 0.25) is 0 Å². The monoisotopic (exact) mass is 413 g/mol. The smallest absolute Gasteiger partial charge is 0.407 e. The fourth-order valence-electron chi connectivity index (χ4n) is 3.78. The van der Waals surface area contributed by atoms with Crippen molar-refractivity contribution in [3.05, 3.63) is 83.4 Å². The van der Waals surface area contributed by atoms with E-state index in [9.17, 15) is 9.90 Å². The van der Waals surface area contributed by atoms with E-state index >= 15 is 0 Å². The molecule has 0 heterocycles. The van der Waals surface area contributed by atoms with Gasteiger partial charge in [0, 0.05) is 24.9 Å². The molecule has 156 valence electrons. The molecule has 0 unspecified atom stereocenters. The molecule has 3 aromatic carbocycles. The van der Waals surface area contributed by atoms with Gasteiger partial charge in [0.25, 0.3) is 0 Å². The first-order chi connectivity index (χ1) is 15.2. The molecule has 31 heavy (non-hydrogen) atoms. The molecular formula is C26H23NO4. The van der Waals surface area contributed by atoms with E-state index in [0.29, 0.717) is 24.3 Å². The maximum absolute atomic E-state index is 12.1. The highest BCUT2D eigenvalue weighted by atomic mass is 16.5. The second-order valence-corrected chi connectivity index (χ2v) is 7.19. The largest absolute Gasteiger partial charge is 0.507 e. The third-order valence-corrected chi connectivity index (χ3v) is 5.29. The SMILES string of the molecule is COc1ccc(C#CCCNC(=O)OCC2c3ccccc3-c3ccccc32)c(O)c1. The number of ether oxygens (including phenoxy) is 2. The molecule has 1 aliphatic rings. The van der Waals surface area contributed by atoms with Crippen LogP contribution in [0.3, 0.4) is 0 Å². The molecule has 0 bridgehead atoms. The van der Waals surface area contributed by atoms with Crippen LogP contribution in [0.15, 0.2) is 66.7 Å². The summed E-state index contributed by atoms with van der Waals surface area (Å²) in [6.07, 6.45) is -0.0219. The number of methoxy groups -OCH3 is 1. The summed E-state index contributed by atoms with van der Waals surface area (Å²) in [6, 6.07) is 21.4. The summed E-state index contributed by atoms with van der Waals surface area (Å²) in [4.78, 5) is 12.1. The molecule has 1 amide bonds. The van der Waals surface area contributed by atoms with Crippen LogP contribution in [0.4, 0.5) is 4.79 Å². The maximum atomic E-state index is 12.1. The summed E-state index contributed by atoms with van der Waals surface area (Å²) in [6.45, 7) is 0.645. The summed E-state index contributed by atoms with van der Waals surface area (Å²) in [5.74, 6) is 6.50. The van der Waals surface area contributed by atoms with Crippen LogP contribution < -0.4 is 10.1 Å². The van der Waals surface area contributed by atoms with E-state index in [2.05, 4.69) is 41.4 Å². The van der Waals surface area contributed by atoms with Gasteiger partial charge in [0.05, 0.1) is 12.7 Å². The van der Waals surface area contributed by atoms with Crippen molar-refractivity contribution in [2.75, 3.05) is 20.3 Å². The number of carbonyl (C=O) groups excluding carboxylic acids is 1. The Balaban J connectivity index is 1.28. The Morgan fingerprint density at radius 2 is 1.71 bits per heavy atom. The predicted octanol–water partition coefficient (Wildman–Crippen LogP) is 4.68. The zero-order chi connectivity index (χ0) is 21.6. The second kappa shape index (κ2) is 9.27. The molecular weight excluding hydrogens is 390 g/mol. The topological polar surface area (TPSA) is 67.8 Å². The molecule has 5 heteroatoms. The molecule has 2 N–H and O–H groups in total. The van der Waals surface area contributed by atoms with Crippen LogP contribution in [0.5, 0.6) is 11.5 Å². The molecule has 0 saturated carbocycles. The van der Waals surface area contributed by atoms with E-state index in [4.69, 9.17) is 9.47 Å². The number of aromatic hydroxyl groups is 1. The molecule has 0 aromatic heterocycles. The maximum Gasteiger partial charge on any atom is 0.407 e. The summed E-state index contributed by atoms with van der Waals surface area (Å²) < 4.78 is 10.5. The van der Waals surface area contributed by atoms with E-state index in [-0.39, 0.29) is 18.3 Å². The van der Waals surface area contributed by atoms with Crippen molar-refractivity contribution >= 4 is 6.09 Å². The normalized spacial score (nSPS) is 11.6. The summed E-state index contributed by atoms with van der Waals surface area (Å²) in [5.41, 5.74) is 5.28. The van der Waals surface area contributed by atoms with Crippen molar-refractivity contribution in [1.29, 1.82) is 0 Å². The number of nitrogens with one attached hydrogen (secondary N) is 1.